The van der Waals surface area contributed by atoms with Crippen molar-refractivity contribution >= 4 is 29.1 Å². The summed E-state index contributed by atoms with van der Waals surface area (Å²) < 4.78 is 5.79. The summed E-state index contributed by atoms with van der Waals surface area (Å²) in [4.78, 5) is 27.0. The summed E-state index contributed by atoms with van der Waals surface area (Å²) in [7, 11) is 0. The Hall–Kier alpha value is -3.22. The van der Waals surface area contributed by atoms with E-state index in [1.807, 2.05) is 37.3 Å². The Morgan fingerprint density at radius 2 is 1.71 bits per heavy atom. The molecule has 7 heteroatoms. The van der Waals surface area contributed by atoms with E-state index < -0.39 is 11.6 Å². The number of amides is 2. The maximum atomic E-state index is 13.0. The van der Waals surface area contributed by atoms with Crippen molar-refractivity contribution < 1.29 is 19.4 Å². The van der Waals surface area contributed by atoms with Crippen molar-refractivity contribution in [2.45, 2.75) is 78.4 Å². The normalized spacial score (nSPS) is 14.5. The number of hydrogen-bond donors (Lipinski definition) is 3. The van der Waals surface area contributed by atoms with Gasteiger partial charge in [-0.15, -0.1) is 0 Å². The third kappa shape index (κ3) is 7.38. The molecule has 2 aromatic carbocycles. The third-order valence-electron chi connectivity index (χ3n) is 6.30. The van der Waals surface area contributed by atoms with Crippen LogP contribution in [0.1, 0.15) is 65.4 Å². The van der Waals surface area contributed by atoms with E-state index in [-0.39, 0.29) is 6.03 Å². The molecule has 1 saturated carbocycles. The second kappa shape index (κ2) is 11.5. The molecule has 2 aromatic rings. The van der Waals surface area contributed by atoms with Gasteiger partial charge < -0.3 is 25.4 Å². The zero-order valence-electron chi connectivity index (χ0n) is 21.6. The summed E-state index contributed by atoms with van der Waals surface area (Å²) in [5.41, 5.74) is 1.93. The standard InChI is InChI=1S/C28H39N3O4/c1-19(2)18-31(22-9-7-6-8-10-22)25-16-15-23(35-28(4,5)26(32)33)17-24(25)30-27(34)29-21-13-11-20(3)12-14-21/h11-17,19,22H,6-10,18H2,1-5H3,(H,32,33)(H2,29,30,34). The summed E-state index contributed by atoms with van der Waals surface area (Å²) in [5.74, 6) is -0.232. The molecule has 0 heterocycles. The number of anilines is 3. The zero-order valence-corrected chi connectivity index (χ0v) is 21.6. The highest BCUT2D eigenvalue weighted by molar-refractivity contribution is 6.02. The van der Waals surface area contributed by atoms with Crippen LogP contribution >= 0.6 is 0 Å². The van der Waals surface area contributed by atoms with Crippen molar-refractivity contribution in [3.8, 4) is 5.75 Å². The van der Waals surface area contributed by atoms with Gasteiger partial charge in [-0.2, -0.15) is 0 Å². The van der Waals surface area contributed by atoms with Crippen LogP contribution in [-0.4, -0.2) is 35.3 Å². The van der Waals surface area contributed by atoms with Crippen LogP contribution in [-0.2, 0) is 4.79 Å². The summed E-state index contributed by atoms with van der Waals surface area (Å²) in [5, 5.41) is 15.4. The van der Waals surface area contributed by atoms with E-state index in [0.29, 0.717) is 29.1 Å². The first kappa shape index (κ1) is 26.4. The van der Waals surface area contributed by atoms with Gasteiger partial charge in [0.25, 0.3) is 0 Å². The van der Waals surface area contributed by atoms with Gasteiger partial charge in [0.2, 0.25) is 0 Å². The fraction of sp³-hybridized carbons (Fsp3) is 0.500. The Balaban J connectivity index is 1.94. The highest BCUT2D eigenvalue weighted by Crippen LogP contribution is 2.36. The number of nitrogens with one attached hydrogen (secondary N) is 2. The van der Waals surface area contributed by atoms with Crippen molar-refractivity contribution in [1.29, 1.82) is 0 Å². The van der Waals surface area contributed by atoms with Gasteiger partial charge in [-0.25, -0.2) is 9.59 Å². The first-order chi connectivity index (χ1) is 16.5. The van der Waals surface area contributed by atoms with Crippen LogP contribution in [0.5, 0.6) is 5.75 Å². The minimum Gasteiger partial charge on any atom is -0.478 e. The first-order valence-corrected chi connectivity index (χ1v) is 12.5. The molecular weight excluding hydrogens is 442 g/mol. The lowest BCUT2D eigenvalue weighted by Crippen LogP contribution is -2.40. The lowest BCUT2D eigenvalue weighted by molar-refractivity contribution is -0.152. The fourth-order valence-corrected chi connectivity index (χ4v) is 4.42. The maximum Gasteiger partial charge on any atom is 0.347 e. The van der Waals surface area contributed by atoms with Gasteiger partial charge in [0, 0.05) is 24.3 Å². The summed E-state index contributed by atoms with van der Waals surface area (Å²) in [6.07, 6.45) is 5.89. The fourth-order valence-electron chi connectivity index (χ4n) is 4.42. The number of carboxylic acids is 1. The molecule has 3 rings (SSSR count). The van der Waals surface area contributed by atoms with Crippen molar-refractivity contribution in [3.63, 3.8) is 0 Å². The van der Waals surface area contributed by atoms with Crippen molar-refractivity contribution in [2.75, 3.05) is 22.1 Å². The predicted molar refractivity (Wildman–Crippen MR) is 142 cm³/mol. The van der Waals surface area contributed by atoms with E-state index in [1.165, 1.54) is 33.1 Å². The van der Waals surface area contributed by atoms with E-state index >= 15 is 0 Å². The number of rotatable bonds is 9. The number of nitrogens with zero attached hydrogens (tertiary/aromatic N) is 1. The molecule has 3 N–H and O–H groups in total. The van der Waals surface area contributed by atoms with Gasteiger partial charge in [0.15, 0.2) is 5.60 Å². The van der Waals surface area contributed by atoms with E-state index in [1.54, 1.807) is 12.1 Å². The minimum absolute atomic E-state index is 0.363. The number of ether oxygens (including phenoxy) is 1. The van der Waals surface area contributed by atoms with Crippen LogP contribution in [0.4, 0.5) is 21.9 Å². The maximum absolute atomic E-state index is 13.0. The average molecular weight is 482 g/mol. The number of carboxylic acid groups (broad SMARTS) is 1. The Kier molecular flexibility index (Phi) is 8.65. The second-order valence-electron chi connectivity index (χ2n) is 10.4. The molecule has 35 heavy (non-hydrogen) atoms. The van der Waals surface area contributed by atoms with Crippen LogP contribution < -0.4 is 20.3 Å². The van der Waals surface area contributed by atoms with E-state index in [4.69, 9.17) is 4.74 Å². The highest BCUT2D eigenvalue weighted by Gasteiger charge is 2.30. The molecule has 0 unspecified atom stereocenters. The molecule has 0 atom stereocenters. The van der Waals surface area contributed by atoms with Gasteiger partial charge in [-0.1, -0.05) is 50.8 Å². The Bertz CT molecular complexity index is 1010. The summed E-state index contributed by atoms with van der Waals surface area (Å²) in [6.45, 7) is 10.3. The van der Waals surface area contributed by atoms with Crippen LogP contribution in [0.25, 0.3) is 0 Å². The molecule has 0 aliphatic heterocycles. The average Bonchev–Trinajstić information content (AvgIpc) is 2.79. The third-order valence-corrected chi connectivity index (χ3v) is 6.30. The largest absolute Gasteiger partial charge is 0.478 e. The van der Waals surface area contributed by atoms with E-state index in [0.717, 1.165) is 30.6 Å². The number of aryl methyl sites for hydroxylation is 1. The van der Waals surface area contributed by atoms with Gasteiger partial charge in [0.05, 0.1) is 11.4 Å². The number of aliphatic carboxylic acids is 1. The summed E-state index contributed by atoms with van der Waals surface area (Å²) in [6, 6.07) is 13.1. The summed E-state index contributed by atoms with van der Waals surface area (Å²) >= 11 is 0. The molecule has 7 nitrogen and oxygen atoms in total. The molecule has 2 amide bonds. The van der Waals surface area contributed by atoms with Crippen molar-refractivity contribution in [3.05, 3.63) is 48.0 Å². The van der Waals surface area contributed by atoms with Crippen LogP contribution in [0.2, 0.25) is 0 Å². The Morgan fingerprint density at radius 3 is 2.31 bits per heavy atom. The van der Waals surface area contributed by atoms with Gasteiger partial charge in [0.1, 0.15) is 5.75 Å². The predicted octanol–water partition coefficient (Wildman–Crippen LogP) is 6.68. The monoisotopic (exact) mass is 481 g/mol. The molecule has 0 radical (unpaired) electrons. The van der Waals surface area contributed by atoms with E-state index in [9.17, 15) is 14.7 Å². The number of carbonyl (C=O) groups excluding carboxylic acids is 1. The first-order valence-electron chi connectivity index (χ1n) is 12.5. The molecular formula is C28H39N3O4. The molecule has 190 valence electrons. The molecule has 1 fully saturated rings. The number of urea groups is 1. The lowest BCUT2D eigenvalue weighted by atomic mass is 9.93. The van der Waals surface area contributed by atoms with Crippen molar-refractivity contribution in [1.82, 2.24) is 0 Å². The molecule has 0 aromatic heterocycles. The lowest BCUT2D eigenvalue weighted by Gasteiger charge is -2.38. The quantitative estimate of drug-likeness (QED) is 0.372. The van der Waals surface area contributed by atoms with E-state index in [2.05, 4.69) is 29.4 Å². The minimum atomic E-state index is -1.40. The van der Waals surface area contributed by atoms with Gasteiger partial charge in [-0.3, -0.25) is 0 Å². The van der Waals surface area contributed by atoms with Gasteiger partial charge >= 0.3 is 12.0 Å². The van der Waals surface area contributed by atoms with Crippen molar-refractivity contribution in [2.24, 2.45) is 5.92 Å². The second-order valence-corrected chi connectivity index (χ2v) is 10.4. The molecule has 0 saturated heterocycles. The Labute approximate surface area is 208 Å². The molecule has 1 aliphatic carbocycles. The molecule has 0 spiro atoms. The number of hydrogen-bond acceptors (Lipinski definition) is 4. The smallest absolute Gasteiger partial charge is 0.347 e. The topological polar surface area (TPSA) is 90.9 Å². The number of carbonyl (C=O) groups is 2. The molecule has 0 bridgehead atoms. The van der Waals surface area contributed by atoms with Crippen LogP contribution in [0.3, 0.4) is 0 Å². The van der Waals surface area contributed by atoms with Crippen LogP contribution in [0.15, 0.2) is 42.5 Å². The SMILES string of the molecule is Cc1ccc(NC(=O)Nc2cc(OC(C)(C)C(=O)O)ccc2N(CC(C)C)C2CCCCC2)cc1. The van der Waals surface area contributed by atoms with Gasteiger partial charge in [-0.05, 0) is 63.8 Å². The molecule has 1 aliphatic rings. The van der Waals surface area contributed by atoms with Crippen LogP contribution in [0, 0.1) is 12.8 Å². The Morgan fingerprint density at radius 1 is 1.06 bits per heavy atom. The highest BCUT2D eigenvalue weighted by atomic mass is 16.5. The number of benzene rings is 2. The zero-order chi connectivity index (χ0) is 25.6.